The zero-order valence-corrected chi connectivity index (χ0v) is 16.7. The van der Waals surface area contributed by atoms with E-state index in [2.05, 4.69) is 41.5 Å². The fraction of sp³-hybridized carbons (Fsp3) is 0.682. The quantitative estimate of drug-likeness (QED) is 0.543. The first-order valence-corrected chi connectivity index (χ1v) is 9.64. The minimum absolute atomic E-state index is 0.451. The molecule has 0 spiro atoms. The lowest BCUT2D eigenvalue weighted by Crippen LogP contribution is -1.95. The van der Waals surface area contributed by atoms with Crippen LogP contribution in [-0.4, -0.2) is 6.47 Å². The van der Waals surface area contributed by atoms with Crippen molar-refractivity contribution < 1.29 is 9.53 Å². The van der Waals surface area contributed by atoms with Crippen molar-refractivity contribution in [1.82, 2.24) is 0 Å². The molecule has 0 radical (unpaired) electrons. The summed E-state index contributed by atoms with van der Waals surface area (Å²) in [6.45, 7) is 13.7. The van der Waals surface area contributed by atoms with Crippen molar-refractivity contribution in [2.45, 2.75) is 86.0 Å². The van der Waals surface area contributed by atoms with E-state index in [0.29, 0.717) is 18.1 Å². The molecule has 2 nitrogen and oxygen atoms in total. The SMILES string of the molecule is CC(C)C.CC1CCCC1.CCC(CC)c1ccc(OC=O)cc1. The van der Waals surface area contributed by atoms with Gasteiger partial charge < -0.3 is 4.74 Å². The summed E-state index contributed by atoms with van der Waals surface area (Å²) in [5.74, 6) is 3.10. The molecule has 0 saturated heterocycles. The van der Waals surface area contributed by atoms with E-state index >= 15 is 0 Å². The molecule has 1 aromatic carbocycles. The zero-order valence-electron chi connectivity index (χ0n) is 16.7. The molecule has 2 heteroatoms. The summed E-state index contributed by atoms with van der Waals surface area (Å²) in [6, 6.07) is 7.72. The second kappa shape index (κ2) is 14.1. The molecule has 1 aliphatic rings. The van der Waals surface area contributed by atoms with E-state index in [0.717, 1.165) is 24.7 Å². The summed E-state index contributed by atoms with van der Waals surface area (Å²) in [4.78, 5) is 10.1. The highest BCUT2D eigenvalue weighted by Crippen LogP contribution is 2.24. The molecule has 0 N–H and O–H groups in total. The Hall–Kier alpha value is -1.31. The first kappa shape index (κ1) is 22.7. The topological polar surface area (TPSA) is 26.3 Å². The highest BCUT2D eigenvalue weighted by Gasteiger charge is 2.07. The average Bonchev–Trinajstić information content (AvgIpc) is 3.02. The molecule has 1 aromatic rings. The second-order valence-corrected chi connectivity index (χ2v) is 7.42. The van der Waals surface area contributed by atoms with Gasteiger partial charge >= 0.3 is 0 Å². The Morgan fingerprint density at radius 2 is 1.50 bits per heavy atom. The second-order valence-electron chi connectivity index (χ2n) is 7.42. The number of hydrogen-bond donors (Lipinski definition) is 0. The number of benzene rings is 1. The molecule has 1 saturated carbocycles. The molecule has 0 aliphatic heterocycles. The number of hydrogen-bond acceptors (Lipinski definition) is 2. The average molecular weight is 335 g/mol. The fourth-order valence-electron chi connectivity index (χ4n) is 2.76. The minimum atomic E-state index is 0.451. The van der Waals surface area contributed by atoms with Gasteiger partial charge in [-0.25, -0.2) is 0 Å². The van der Waals surface area contributed by atoms with Crippen molar-refractivity contribution in [2.24, 2.45) is 11.8 Å². The van der Waals surface area contributed by atoms with Crippen LogP contribution in [0.2, 0.25) is 0 Å². The smallest absolute Gasteiger partial charge is 0.298 e. The zero-order chi connectivity index (χ0) is 18.4. The molecule has 0 heterocycles. The summed E-state index contributed by atoms with van der Waals surface area (Å²) in [7, 11) is 0. The molecule has 0 atom stereocenters. The first-order chi connectivity index (χ1) is 11.4. The van der Waals surface area contributed by atoms with E-state index in [-0.39, 0.29) is 0 Å². The summed E-state index contributed by atoms with van der Waals surface area (Å²) in [5, 5.41) is 0. The maximum Gasteiger partial charge on any atom is 0.298 e. The molecular formula is C22H38O2. The van der Waals surface area contributed by atoms with E-state index in [1.165, 1.54) is 31.2 Å². The van der Waals surface area contributed by atoms with Crippen molar-refractivity contribution in [1.29, 1.82) is 0 Å². The fourth-order valence-corrected chi connectivity index (χ4v) is 2.76. The van der Waals surface area contributed by atoms with Crippen molar-refractivity contribution in [3.05, 3.63) is 29.8 Å². The highest BCUT2D eigenvalue weighted by atomic mass is 16.5. The molecule has 138 valence electrons. The largest absolute Gasteiger partial charge is 0.429 e. The van der Waals surface area contributed by atoms with E-state index in [1.54, 1.807) is 0 Å². The van der Waals surface area contributed by atoms with Gasteiger partial charge in [0.2, 0.25) is 0 Å². The lowest BCUT2D eigenvalue weighted by molar-refractivity contribution is -0.120. The molecule has 1 fully saturated rings. The molecule has 2 rings (SSSR count). The Morgan fingerprint density at radius 1 is 1.04 bits per heavy atom. The van der Waals surface area contributed by atoms with E-state index < -0.39 is 0 Å². The van der Waals surface area contributed by atoms with E-state index in [4.69, 9.17) is 4.74 Å². The van der Waals surface area contributed by atoms with E-state index in [9.17, 15) is 4.79 Å². The predicted molar refractivity (Wildman–Crippen MR) is 105 cm³/mol. The molecule has 0 amide bonds. The van der Waals surface area contributed by atoms with Crippen LogP contribution in [-0.2, 0) is 4.79 Å². The summed E-state index contributed by atoms with van der Waals surface area (Å²) in [6.07, 6.45) is 8.23. The van der Waals surface area contributed by atoms with Crippen LogP contribution in [0.25, 0.3) is 0 Å². The van der Waals surface area contributed by atoms with Crippen molar-refractivity contribution in [3.8, 4) is 5.75 Å². The monoisotopic (exact) mass is 334 g/mol. The lowest BCUT2D eigenvalue weighted by Gasteiger charge is -2.12. The predicted octanol–water partition coefficient (Wildman–Crippen LogP) is 6.98. The van der Waals surface area contributed by atoms with Gasteiger partial charge in [0.1, 0.15) is 5.75 Å². The van der Waals surface area contributed by atoms with Crippen LogP contribution in [0, 0.1) is 11.8 Å². The Morgan fingerprint density at radius 3 is 1.79 bits per heavy atom. The number of ether oxygens (including phenoxy) is 1. The van der Waals surface area contributed by atoms with Gasteiger partial charge in [-0.2, -0.15) is 0 Å². The van der Waals surface area contributed by atoms with Crippen molar-refractivity contribution in [2.75, 3.05) is 0 Å². The van der Waals surface area contributed by atoms with Crippen LogP contribution in [0.15, 0.2) is 24.3 Å². The maximum absolute atomic E-state index is 10.1. The Bertz CT molecular complexity index is 396. The number of rotatable bonds is 5. The van der Waals surface area contributed by atoms with Gasteiger partial charge in [-0.1, -0.05) is 79.4 Å². The Labute approximate surface area is 150 Å². The standard InChI is InChI=1S/C12H16O2.C6H12.C4H10/c1-3-10(4-2)11-5-7-12(8-6-11)14-9-13;1-6-4-2-3-5-6;1-4(2)3/h5-10H,3-4H2,1-2H3;6H,2-5H2,1H3;4H,1-3H3. The third kappa shape index (κ3) is 11.3. The maximum atomic E-state index is 10.1. The molecular weight excluding hydrogens is 296 g/mol. The lowest BCUT2D eigenvalue weighted by atomic mass is 9.94. The van der Waals surface area contributed by atoms with Gasteiger partial charge in [0, 0.05) is 0 Å². The van der Waals surface area contributed by atoms with Gasteiger partial charge in [0.05, 0.1) is 0 Å². The number of carbonyl (C=O) groups excluding carboxylic acids is 1. The van der Waals surface area contributed by atoms with Gasteiger partial charge in [0.15, 0.2) is 0 Å². The van der Waals surface area contributed by atoms with Crippen molar-refractivity contribution in [3.63, 3.8) is 0 Å². The normalized spacial score (nSPS) is 13.8. The van der Waals surface area contributed by atoms with Gasteiger partial charge in [-0.15, -0.1) is 0 Å². The Kier molecular flexibility index (Phi) is 13.3. The summed E-state index contributed by atoms with van der Waals surface area (Å²) < 4.78 is 4.73. The van der Waals surface area contributed by atoms with Crippen LogP contribution in [0.3, 0.4) is 0 Å². The third-order valence-corrected chi connectivity index (χ3v) is 4.17. The van der Waals surface area contributed by atoms with Gasteiger partial charge in [0.25, 0.3) is 6.47 Å². The molecule has 24 heavy (non-hydrogen) atoms. The summed E-state index contributed by atoms with van der Waals surface area (Å²) >= 11 is 0. The molecule has 0 aromatic heterocycles. The van der Waals surface area contributed by atoms with Crippen LogP contribution >= 0.6 is 0 Å². The number of carbonyl (C=O) groups is 1. The van der Waals surface area contributed by atoms with E-state index in [1.807, 2.05) is 24.3 Å². The minimum Gasteiger partial charge on any atom is -0.429 e. The van der Waals surface area contributed by atoms with Gasteiger partial charge in [-0.05, 0) is 48.3 Å². The molecule has 0 bridgehead atoms. The van der Waals surface area contributed by atoms with Crippen LogP contribution < -0.4 is 4.74 Å². The molecule has 0 unspecified atom stereocenters. The van der Waals surface area contributed by atoms with Gasteiger partial charge in [-0.3, -0.25) is 4.79 Å². The van der Waals surface area contributed by atoms with Crippen molar-refractivity contribution >= 4 is 6.47 Å². The van der Waals surface area contributed by atoms with Crippen LogP contribution in [0.5, 0.6) is 5.75 Å². The van der Waals surface area contributed by atoms with Crippen LogP contribution in [0.4, 0.5) is 0 Å². The first-order valence-electron chi connectivity index (χ1n) is 9.64. The highest BCUT2D eigenvalue weighted by molar-refractivity contribution is 5.45. The third-order valence-electron chi connectivity index (χ3n) is 4.17. The Balaban J connectivity index is 0.000000433. The molecule has 1 aliphatic carbocycles. The van der Waals surface area contributed by atoms with Crippen LogP contribution in [0.1, 0.15) is 91.5 Å². The summed E-state index contributed by atoms with van der Waals surface area (Å²) in [5.41, 5.74) is 1.31.